The van der Waals surface area contributed by atoms with Crippen LogP contribution in [0.2, 0.25) is 0 Å². The van der Waals surface area contributed by atoms with Crippen LogP contribution in [0.4, 0.5) is 0 Å². The lowest BCUT2D eigenvalue weighted by molar-refractivity contribution is 0.128. The molecule has 1 aromatic carbocycles. The van der Waals surface area contributed by atoms with Crippen LogP contribution < -0.4 is 5.73 Å². The van der Waals surface area contributed by atoms with Crippen molar-refractivity contribution >= 4 is 5.84 Å². The van der Waals surface area contributed by atoms with Crippen LogP contribution in [0.5, 0.6) is 0 Å². The summed E-state index contributed by atoms with van der Waals surface area (Å²) in [4.78, 5) is 4.83. The second kappa shape index (κ2) is 6.91. The van der Waals surface area contributed by atoms with E-state index in [1.54, 1.807) is 0 Å². The fourth-order valence-corrected chi connectivity index (χ4v) is 2.93. The molecule has 21 heavy (non-hydrogen) atoms. The number of oxime groups is 1. The fourth-order valence-electron chi connectivity index (χ4n) is 2.93. The molecule has 3 N–H and O–H groups in total. The molecule has 1 heterocycles. The number of benzene rings is 1. The molecule has 0 bridgehead atoms. The van der Waals surface area contributed by atoms with Gasteiger partial charge in [0.1, 0.15) is 0 Å². The smallest absolute Gasteiger partial charge is 0.170 e. The van der Waals surface area contributed by atoms with E-state index < -0.39 is 0 Å². The number of nitrogens with two attached hydrogens (primary N) is 1. The van der Waals surface area contributed by atoms with Crippen molar-refractivity contribution < 1.29 is 5.21 Å². The highest BCUT2D eigenvalue weighted by Gasteiger charge is 2.21. The number of hydrogen-bond acceptors (Lipinski definition) is 4. The summed E-state index contributed by atoms with van der Waals surface area (Å²) in [5, 5.41) is 11.8. The molecule has 2 rings (SSSR count). The summed E-state index contributed by atoms with van der Waals surface area (Å²) in [6, 6.07) is 6.64. The number of likely N-dealkylation sites (tertiary alicyclic amines) is 1. The quantitative estimate of drug-likeness (QED) is 0.383. The highest BCUT2D eigenvalue weighted by Crippen LogP contribution is 2.19. The summed E-state index contributed by atoms with van der Waals surface area (Å²) < 4.78 is 0. The topological polar surface area (TPSA) is 65.1 Å². The predicted octanol–water partition coefficient (Wildman–Crippen LogP) is 1.62. The molecule has 1 saturated heterocycles. The van der Waals surface area contributed by atoms with Gasteiger partial charge in [-0.25, -0.2) is 0 Å². The van der Waals surface area contributed by atoms with Crippen LogP contribution in [-0.4, -0.2) is 54.1 Å². The van der Waals surface area contributed by atoms with Gasteiger partial charge in [0.15, 0.2) is 5.84 Å². The summed E-state index contributed by atoms with van der Waals surface area (Å²) in [7, 11) is 4.32. The van der Waals surface area contributed by atoms with E-state index in [1.165, 1.54) is 24.0 Å². The molecule has 5 nitrogen and oxygen atoms in total. The third-order valence-electron chi connectivity index (χ3n) is 4.35. The minimum atomic E-state index is 0.162. The van der Waals surface area contributed by atoms with Gasteiger partial charge in [-0.2, -0.15) is 0 Å². The second-order valence-corrected chi connectivity index (χ2v) is 6.12. The minimum absolute atomic E-state index is 0.162. The number of piperidine rings is 1. The number of aryl methyl sites for hydroxylation is 1. The molecule has 1 aliphatic rings. The van der Waals surface area contributed by atoms with Crippen LogP contribution in [0.15, 0.2) is 23.4 Å². The zero-order chi connectivity index (χ0) is 15.4. The number of nitrogens with zero attached hydrogens (tertiary/aromatic N) is 3. The maximum absolute atomic E-state index is 8.74. The third kappa shape index (κ3) is 3.95. The van der Waals surface area contributed by atoms with Crippen molar-refractivity contribution in [2.75, 3.05) is 27.2 Å². The van der Waals surface area contributed by atoms with Crippen LogP contribution in [0.25, 0.3) is 0 Å². The monoisotopic (exact) mass is 290 g/mol. The molecule has 1 fully saturated rings. The predicted molar refractivity (Wildman–Crippen MR) is 85.7 cm³/mol. The summed E-state index contributed by atoms with van der Waals surface area (Å²) in [6.45, 7) is 5.32. The first-order valence-electron chi connectivity index (χ1n) is 7.47. The average molecular weight is 290 g/mol. The maximum atomic E-state index is 8.74. The third-order valence-corrected chi connectivity index (χ3v) is 4.35. The Kier molecular flexibility index (Phi) is 5.20. The first-order valence-corrected chi connectivity index (χ1v) is 7.47. The van der Waals surface area contributed by atoms with Gasteiger partial charge in [0.25, 0.3) is 0 Å². The molecule has 0 amide bonds. The molecule has 1 atom stereocenters. The van der Waals surface area contributed by atoms with Crippen molar-refractivity contribution in [2.45, 2.75) is 32.4 Å². The summed E-state index contributed by atoms with van der Waals surface area (Å²) >= 11 is 0. The zero-order valence-corrected chi connectivity index (χ0v) is 13.2. The highest BCUT2D eigenvalue weighted by atomic mass is 16.4. The van der Waals surface area contributed by atoms with Crippen molar-refractivity contribution in [1.82, 2.24) is 9.80 Å². The normalized spacial score (nSPS) is 21.0. The zero-order valence-electron chi connectivity index (χ0n) is 13.2. The lowest BCUT2D eigenvalue weighted by atomic mass is 10.0. The van der Waals surface area contributed by atoms with Crippen molar-refractivity contribution in [2.24, 2.45) is 10.9 Å². The van der Waals surface area contributed by atoms with Crippen LogP contribution in [0.1, 0.15) is 29.5 Å². The van der Waals surface area contributed by atoms with Gasteiger partial charge in [-0.05, 0) is 57.6 Å². The van der Waals surface area contributed by atoms with E-state index in [-0.39, 0.29) is 5.84 Å². The van der Waals surface area contributed by atoms with Gasteiger partial charge in [-0.1, -0.05) is 17.3 Å². The van der Waals surface area contributed by atoms with E-state index in [4.69, 9.17) is 10.9 Å². The van der Waals surface area contributed by atoms with Crippen LogP contribution in [0, 0.1) is 6.92 Å². The van der Waals surface area contributed by atoms with E-state index in [9.17, 15) is 0 Å². The summed E-state index contributed by atoms with van der Waals surface area (Å²) in [5.41, 5.74) is 8.90. The van der Waals surface area contributed by atoms with E-state index in [2.05, 4.69) is 42.0 Å². The number of amidine groups is 1. The van der Waals surface area contributed by atoms with Gasteiger partial charge in [-0.15, -0.1) is 0 Å². The van der Waals surface area contributed by atoms with Gasteiger partial charge < -0.3 is 15.8 Å². The molecule has 5 heteroatoms. The van der Waals surface area contributed by atoms with Gasteiger partial charge >= 0.3 is 0 Å². The van der Waals surface area contributed by atoms with Crippen molar-refractivity contribution in [3.63, 3.8) is 0 Å². The SMILES string of the molecule is Cc1cc(/C(N)=N/O)ccc1CN1CCCC(N(C)C)C1. The molecule has 0 aromatic heterocycles. The molecule has 116 valence electrons. The Bertz CT molecular complexity index is 513. The second-order valence-electron chi connectivity index (χ2n) is 6.12. The number of rotatable bonds is 4. The van der Waals surface area contributed by atoms with Gasteiger partial charge in [0, 0.05) is 24.7 Å². The largest absolute Gasteiger partial charge is 0.409 e. The van der Waals surface area contributed by atoms with E-state index in [0.717, 1.165) is 25.2 Å². The summed E-state index contributed by atoms with van der Waals surface area (Å²) in [5.74, 6) is 0.162. The van der Waals surface area contributed by atoms with E-state index in [0.29, 0.717) is 6.04 Å². The lowest BCUT2D eigenvalue weighted by Gasteiger charge is -2.36. The fraction of sp³-hybridized carbons (Fsp3) is 0.562. The number of hydrogen-bond donors (Lipinski definition) is 2. The van der Waals surface area contributed by atoms with Crippen molar-refractivity contribution in [3.8, 4) is 0 Å². The lowest BCUT2D eigenvalue weighted by Crippen LogP contribution is -2.44. The molecule has 0 aliphatic carbocycles. The van der Waals surface area contributed by atoms with Crippen molar-refractivity contribution in [1.29, 1.82) is 0 Å². The Morgan fingerprint density at radius 3 is 2.86 bits per heavy atom. The minimum Gasteiger partial charge on any atom is -0.409 e. The molecular weight excluding hydrogens is 264 g/mol. The first kappa shape index (κ1) is 15.8. The molecular formula is C16H26N4O. The molecule has 0 saturated carbocycles. The van der Waals surface area contributed by atoms with Crippen LogP contribution >= 0.6 is 0 Å². The average Bonchev–Trinajstić information content (AvgIpc) is 2.48. The van der Waals surface area contributed by atoms with Gasteiger partial charge in [0.2, 0.25) is 0 Å². The Balaban J connectivity index is 2.06. The van der Waals surface area contributed by atoms with Crippen molar-refractivity contribution in [3.05, 3.63) is 34.9 Å². The summed E-state index contributed by atoms with van der Waals surface area (Å²) in [6.07, 6.45) is 2.54. The van der Waals surface area contributed by atoms with Gasteiger partial charge in [0.05, 0.1) is 0 Å². The molecule has 1 aliphatic heterocycles. The van der Waals surface area contributed by atoms with E-state index in [1.807, 2.05) is 12.1 Å². The molecule has 1 unspecified atom stereocenters. The van der Waals surface area contributed by atoms with Crippen LogP contribution in [0.3, 0.4) is 0 Å². The Hall–Kier alpha value is -1.59. The standard InChI is InChI=1S/C16H26N4O/c1-12-9-13(16(17)18-21)6-7-14(12)10-20-8-4-5-15(11-20)19(2)3/h6-7,9,15,21H,4-5,8,10-11H2,1-3H3,(H2,17,18). The molecule has 0 spiro atoms. The molecule has 0 radical (unpaired) electrons. The highest BCUT2D eigenvalue weighted by molar-refractivity contribution is 5.97. The number of likely N-dealkylation sites (N-methyl/N-ethyl adjacent to an activating group) is 1. The van der Waals surface area contributed by atoms with Crippen LogP contribution in [-0.2, 0) is 6.54 Å². The van der Waals surface area contributed by atoms with E-state index >= 15 is 0 Å². The maximum Gasteiger partial charge on any atom is 0.170 e. The first-order chi connectivity index (χ1) is 10.0. The Morgan fingerprint density at radius 2 is 2.24 bits per heavy atom. The Morgan fingerprint density at radius 1 is 1.48 bits per heavy atom. The van der Waals surface area contributed by atoms with Gasteiger partial charge in [-0.3, -0.25) is 4.90 Å². The Labute approximate surface area is 127 Å². The molecule has 1 aromatic rings.